The lowest BCUT2D eigenvalue weighted by atomic mass is 10.1. The van der Waals surface area contributed by atoms with Crippen LogP contribution in [0, 0.1) is 10.1 Å². The Kier molecular flexibility index (Phi) is 7.17. The Balaban J connectivity index is 1.94. The molecule has 2 aromatic rings. The van der Waals surface area contributed by atoms with Crippen LogP contribution in [-0.4, -0.2) is 31.8 Å². The van der Waals surface area contributed by atoms with Gasteiger partial charge in [-0.3, -0.25) is 19.7 Å². The van der Waals surface area contributed by atoms with Gasteiger partial charge in [0.25, 0.3) is 5.69 Å². The van der Waals surface area contributed by atoms with Gasteiger partial charge in [0, 0.05) is 17.0 Å². The smallest absolute Gasteiger partial charge is 0.321 e. The fourth-order valence-corrected chi connectivity index (χ4v) is 2.91. The average molecular weight is 419 g/mol. The Morgan fingerprint density at radius 1 is 1.17 bits per heavy atom. The third-order valence-electron chi connectivity index (χ3n) is 3.61. The lowest BCUT2D eigenvalue weighted by molar-refractivity contribution is -0.385. The number of nitrogens with zero attached hydrogens (tertiary/aromatic N) is 1. The normalized spacial score (nSPS) is 11.3. The molecule has 11 heteroatoms. The summed E-state index contributed by atoms with van der Waals surface area (Å²) >= 11 is 0. The Morgan fingerprint density at radius 3 is 2.48 bits per heavy atom. The predicted molar refractivity (Wildman–Crippen MR) is 104 cm³/mol. The van der Waals surface area contributed by atoms with Crippen molar-refractivity contribution in [1.29, 1.82) is 0 Å². The number of carbonyl (C=O) groups is 2. The third kappa shape index (κ3) is 6.83. The number of esters is 1. The van der Waals surface area contributed by atoms with Gasteiger partial charge in [0.2, 0.25) is 15.9 Å². The van der Waals surface area contributed by atoms with Crippen molar-refractivity contribution in [3.63, 3.8) is 0 Å². The van der Waals surface area contributed by atoms with Gasteiger partial charge < -0.3 is 10.5 Å². The van der Waals surface area contributed by atoms with Gasteiger partial charge in [0.15, 0.2) is 0 Å². The molecule has 0 aliphatic carbocycles. The van der Waals surface area contributed by atoms with E-state index < -0.39 is 45.7 Å². The van der Waals surface area contributed by atoms with Crippen LogP contribution >= 0.6 is 0 Å². The molecule has 2 aromatic carbocycles. The molecule has 0 aliphatic rings. The number of carbonyl (C=O) groups excluding carboxylic acids is 2. The number of amides is 1. The molecule has 0 bridgehead atoms. The van der Waals surface area contributed by atoms with Crippen LogP contribution in [0.25, 0.3) is 6.08 Å². The summed E-state index contributed by atoms with van der Waals surface area (Å²) in [6.45, 7) is -1.13. The minimum Gasteiger partial charge on any atom is -0.460 e. The van der Waals surface area contributed by atoms with Crippen LogP contribution < -0.4 is 10.5 Å². The fraction of sp³-hybridized carbons (Fsp3) is 0.111. The van der Waals surface area contributed by atoms with Gasteiger partial charge in [-0.25, -0.2) is 13.1 Å². The van der Waals surface area contributed by atoms with Crippen molar-refractivity contribution >= 4 is 33.7 Å². The summed E-state index contributed by atoms with van der Waals surface area (Å²) in [7, 11) is -3.89. The highest BCUT2D eigenvalue weighted by molar-refractivity contribution is 7.92. The summed E-state index contributed by atoms with van der Waals surface area (Å²) in [5.41, 5.74) is 5.26. The Hall–Kier alpha value is -3.57. The molecule has 0 saturated heterocycles. The van der Waals surface area contributed by atoms with Gasteiger partial charge in [-0.1, -0.05) is 30.3 Å². The first-order valence-corrected chi connectivity index (χ1v) is 9.68. The minimum atomic E-state index is -3.89. The van der Waals surface area contributed by atoms with Crippen molar-refractivity contribution in [2.24, 2.45) is 5.73 Å². The first-order chi connectivity index (χ1) is 13.7. The van der Waals surface area contributed by atoms with Crippen LogP contribution in [0.5, 0.6) is 0 Å². The topological polar surface area (TPSA) is 159 Å². The summed E-state index contributed by atoms with van der Waals surface area (Å²) in [6.07, 6.45) is 1.36. The van der Waals surface area contributed by atoms with Gasteiger partial charge in [-0.15, -0.1) is 0 Å². The monoisotopic (exact) mass is 419 g/mol. The van der Waals surface area contributed by atoms with E-state index in [0.29, 0.717) is 5.56 Å². The number of nitrogens with one attached hydrogen (secondary N) is 1. The van der Waals surface area contributed by atoms with E-state index >= 15 is 0 Å². The second kappa shape index (κ2) is 9.57. The molecule has 0 spiro atoms. The maximum Gasteiger partial charge on any atom is 0.321 e. The number of rotatable bonds is 9. The number of ether oxygens (including phenoxy) is 1. The summed E-state index contributed by atoms with van der Waals surface area (Å²) < 4.78 is 30.7. The molecule has 0 aromatic heterocycles. The molecule has 0 atom stereocenters. The van der Waals surface area contributed by atoms with Gasteiger partial charge in [-0.2, -0.15) is 0 Å². The average Bonchev–Trinajstić information content (AvgIpc) is 2.70. The molecule has 0 radical (unpaired) electrons. The summed E-state index contributed by atoms with van der Waals surface area (Å²) in [5.74, 6) is -1.77. The molecule has 3 N–H and O–H groups in total. The molecule has 0 unspecified atom stereocenters. The molecule has 0 aliphatic heterocycles. The zero-order chi connectivity index (χ0) is 21.4. The first kappa shape index (κ1) is 21.7. The molecule has 0 saturated carbocycles. The second-order valence-electron chi connectivity index (χ2n) is 5.71. The fourth-order valence-electron chi connectivity index (χ4n) is 2.16. The lowest BCUT2D eigenvalue weighted by Crippen LogP contribution is -2.29. The number of primary amides is 1. The highest BCUT2D eigenvalue weighted by Gasteiger charge is 2.18. The number of nitrogens with two attached hydrogens (primary N) is 1. The SMILES string of the molecule is NC(=O)c1ccc(COC(=O)CNS(=O)(=O)/C=C/c2ccccc2)c([N+](=O)[O-])c1. The number of hydrogen-bond donors (Lipinski definition) is 2. The summed E-state index contributed by atoms with van der Waals surface area (Å²) in [5, 5.41) is 12.0. The number of nitro groups is 1. The van der Waals surface area contributed by atoms with Gasteiger partial charge in [0.1, 0.15) is 13.2 Å². The number of nitro benzene ring substituents is 1. The van der Waals surface area contributed by atoms with Gasteiger partial charge >= 0.3 is 5.97 Å². The molecule has 10 nitrogen and oxygen atoms in total. The van der Waals surface area contributed by atoms with Crippen LogP contribution in [0.2, 0.25) is 0 Å². The summed E-state index contributed by atoms with van der Waals surface area (Å²) in [4.78, 5) is 33.3. The zero-order valence-corrected chi connectivity index (χ0v) is 15.8. The molecule has 0 heterocycles. The standard InChI is InChI=1S/C18H17N3O7S/c19-18(23)14-6-7-15(16(10-14)21(24)25)12-28-17(22)11-20-29(26,27)9-8-13-4-2-1-3-5-13/h1-10,20H,11-12H2,(H2,19,23)/b9-8+. The summed E-state index contributed by atoms with van der Waals surface area (Å²) in [6, 6.07) is 12.1. The van der Waals surface area contributed by atoms with Crippen molar-refractivity contribution < 1.29 is 27.7 Å². The largest absolute Gasteiger partial charge is 0.460 e. The van der Waals surface area contributed by atoms with Crippen LogP contribution in [0.4, 0.5) is 5.69 Å². The van der Waals surface area contributed by atoms with Crippen molar-refractivity contribution in [1.82, 2.24) is 4.72 Å². The first-order valence-electron chi connectivity index (χ1n) is 8.13. The van der Waals surface area contributed by atoms with Crippen molar-refractivity contribution in [3.8, 4) is 0 Å². The van der Waals surface area contributed by atoms with E-state index in [4.69, 9.17) is 10.5 Å². The second-order valence-corrected chi connectivity index (χ2v) is 7.36. The number of sulfonamides is 1. The number of hydrogen-bond acceptors (Lipinski definition) is 7. The van der Waals surface area contributed by atoms with Crippen LogP contribution in [-0.2, 0) is 26.2 Å². The van der Waals surface area contributed by atoms with Crippen molar-refractivity contribution in [3.05, 3.63) is 80.7 Å². The Labute approximate surface area is 166 Å². The van der Waals surface area contributed by atoms with Crippen LogP contribution in [0.15, 0.2) is 53.9 Å². The molecular formula is C18H17N3O7S. The zero-order valence-electron chi connectivity index (χ0n) is 15.0. The molecule has 1 amide bonds. The van der Waals surface area contributed by atoms with Crippen molar-refractivity contribution in [2.75, 3.05) is 6.54 Å². The highest BCUT2D eigenvalue weighted by Crippen LogP contribution is 2.21. The Morgan fingerprint density at radius 2 is 1.86 bits per heavy atom. The Bertz CT molecular complexity index is 1050. The maximum absolute atomic E-state index is 11.9. The molecular weight excluding hydrogens is 402 g/mol. The van der Waals surface area contributed by atoms with E-state index in [1.807, 2.05) is 4.72 Å². The van der Waals surface area contributed by atoms with E-state index in [1.165, 1.54) is 18.2 Å². The maximum atomic E-state index is 11.9. The van der Waals surface area contributed by atoms with E-state index in [-0.39, 0.29) is 11.1 Å². The highest BCUT2D eigenvalue weighted by atomic mass is 32.2. The third-order valence-corrected chi connectivity index (χ3v) is 4.65. The van der Waals surface area contributed by atoms with E-state index in [1.54, 1.807) is 30.3 Å². The molecule has 29 heavy (non-hydrogen) atoms. The van der Waals surface area contributed by atoms with E-state index in [0.717, 1.165) is 11.5 Å². The van der Waals surface area contributed by atoms with Crippen molar-refractivity contribution in [2.45, 2.75) is 6.61 Å². The predicted octanol–water partition coefficient (Wildman–Crippen LogP) is 1.33. The van der Waals surface area contributed by atoms with Crippen LogP contribution in [0.3, 0.4) is 0 Å². The van der Waals surface area contributed by atoms with Gasteiger partial charge in [-0.05, 0) is 23.8 Å². The molecule has 0 fully saturated rings. The van der Waals surface area contributed by atoms with Gasteiger partial charge in [0.05, 0.1) is 10.5 Å². The lowest BCUT2D eigenvalue weighted by Gasteiger charge is -2.07. The molecule has 152 valence electrons. The minimum absolute atomic E-state index is 0.0279. The van der Waals surface area contributed by atoms with Crippen LogP contribution in [0.1, 0.15) is 21.5 Å². The quantitative estimate of drug-likeness (QED) is 0.352. The van der Waals surface area contributed by atoms with E-state index in [2.05, 4.69) is 0 Å². The van der Waals surface area contributed by atoms with E-state index in [9.17, 15) is 28.1 Å². The number of benzene rings is 2. The molecule has 2 rings (SSSR count).